The first kappa shape index (κ1) is 15.3. The zero-order valence-electron chi connectivity index (χ0n) is 10.2. The minimum Gasteiger partial charge on any atom is -0.396 e. The topological polar surface area (TPSA) is 49.3 Å². The molecule has 0 fully saturated rings. The minimum atomic E-state index is 0.0175. The molecule has 1 amide bonds. The van der Waals surface area contributed by atoms with E-state index in [-0.39, 0.29) is 12.5 Å². The summed E-state index contributed by atoms with van der Waals surface area (Å²) in [6.07, 6.45) is 2.64. The second-order valence-electron chi connectivity index (χ2n) is 3.85. The second-order valence-corrected chi connectivity index (χ2v) is 5.28. The van der Waals surface area contributed by atoms with E-state index >= 15 is 0 Å². The van der Waals surface area contributed by atoms with Gasteiger partial charge in [0.15, 0.2) is 0 Å². The highest BCUT2D eigenvalue weighted by atomic mass is 35.5. The number of hydrogen-bond donors (Lipinski definition) is 2. The van der Waals surface area contributed by atoms with Crippen LogP contribution < -0.4 is 5.32 Å². The zero-order valence-corrected chi connectivity index (χ0v) is 11.8. The average Bonchev–Trinajstić information content (AvgIpc) is 2.37. The summed E-state index contributed by atoms with van der Waals surface area (Å²) in [7, 11) is 0. The van der Waals surface area contributed by atoms with Crippen molar-refractivity contribution in [2.75, 3.05) is 18.9 Å². The second kappa shape index (κ2) is 9.25. The minimum absolute atomic E-state index is 0.0175. The predicted molar refractivity (Wildman–Crippen MR) is 76.1 cm³/mol. The van der Waals surface area contributed by atoms with Crippen molar-refractivity contribution in [3.8, 4) is 0 Å². The molecule has 0 saturated heterocycles. The van der Waals surface area contributed by atoms with Gasteiger partial charge >= 0.3 is 0 Å². The Morgan fingerprint density at radius 1 is 1.28 bits per heavy atom. The summed E-state index contributed by atoms with van der Waals surface area (Å²) in [6, 6.07) is 7.49. The average molecular weight is 288 g/mol. The van der Waals surface area contributed by atoms with Gasteiger partial charge in [-0.2, -0.15) is 0 Å². The lowest BCUT2D eigenvalue weighted by Crippen LogP contribution is -2.26. The summed E-state index contributed by atoms with van der Waals surface area (Å²) in [5.41, 5.74) is 0. The van der Waals surface area contributed by atoms with Crippen molar-refractivity contribution in [3.63, 3.8) is 0 Å². The summed E-state index contributed by atoms with van der Waals surface area (Å²) in [4.78, 5) is 12.5. The van der Waals surface area contributed by atoms with E-state index in [2.05, 4.69) is 5.32 Å². The smallest absolute Gasteiger partial charge is 0.230 e. The molecule has 5 heteroatoms. The van der Waals surface area contributed by atoms with Crippen LogP contribution in [0.1, 0.15) is 19.3 Å². The Bertz CT molecular complexity index is 374. The van der Waals surface area contributed by atoms with Gasteiger partial charge in [-0.3, -0.25) is 4.79 Å². The number of halogens is 1. The standard InChI is InChI=1S/C13H18ClNO2S/c14-11-6-2-3-7-12(11)18-10-13(17)15-8-4-1-5-9-16/h2-3,6-7,16H,1,4-5,8-10H2,(H,15,17). The van der Waals surface area contributed by atoms with Gasteiger partial charge in [0.25, 0.3) is 0 Å². The van der Waals surface area contributed by atoms with Crippen LogP contribution in [0.3, 0.4) is 0 Å². The SMILES string of the molecule is O=C(CSc1ccccc1Cl)NCCCCCO. The van der Waals surface area contributed by atoms with E-state index in [1.165, 1.54) is 11.8 Å². The third-order valence-corrected chi connectivity index (χ3v) is 3.87. The van der Waals surface area contributed by atoms with Crippen molar-refractivity contribution in [2.24, 2.45) is 0 Å². The number of aliphatic hydroxyl groups is 1. The van der Waals surface area contributed by atoms with E-state index < -0.39 is 0 Å². The third-order valence-electron chi connectivity index (χ3n) is 2.35. The lowest BCUT2D eigenvalue weighted by Gasteiger charge is -2.05. The lowest BCUT2D eigenvalue weighted by atomic mass is 10.2. The number of thioether (sulfide) groups is 1. The Morgan fingerprint density at radius 3 is 2.78 bits per heavy atom. The summed E-state index contributed by atoms with van der Waals surface area (Å²) in [6.45, 7) is 0.887. The molecule has 1 aromatic rings. The van der Waals surface area contributed by atoms with Crippen LogP contribution in [0.2, 0.25) is 5.02 Å². The fraction of sp³-hybridized carbons (Fsp3) is 0.462. The van der Waals surface area contributed by atoms with Gasteiger partial charge in [-0.25, -0.2) is 0 Å². The summed E-state index contributed by atoms with van der Waals surface area (Å²) in [5.74, 6) is 0.396. The van der Waals surface area contributed by atoms with Crippen LogP contribution in [-0.2, 0) is 4.79 Å². The van der Waals surface area contributed by atoms with Crippen LogP contribution in [0.25, 0.3) is 0 Å². The number of hydrogen-bond acceptors (Lipinski definition) is 3. The molecular weight excluding hydrogens is 270 g/mol. The molecule has 3 nitrogen and oxygen atoms in total. The molecule has 0 aliphatic heterocycles. The summed E-state index contributed by atoms with van der Waals surface area (Å²) in [5, 5.41) is 12.1. The Kier molecular flexibility index (Phi) is 7.89. The molecule has 0 heterocycles. The van der Waals surface area contributed by atoms with Gasteiger partial charge in [0, 0.05) is 18.0 Å². The fourth-order valence-corrected chi connectivity index (χ4v) is 2.47. The Labute approximate surface area is 117 Å². The Hall–Kier alpha value is -0.710. The van der Waals surface area contributed by atoms with Crippen molar-refractivity contribution < 1.29 is 9.90 Å². The first-order chi connectivity index (χ1) is 8.74. The van der Waals surface area contributed by atoms with E-state index in [4.69, 9.17) is 16.7 Å². The molecule has 0 atom stereocenters. The van der Waals surface area contributed by atoms with Gasteiger partial charge in [-0.05, 0) is 31.4 Å². The fourth-order valence-electron chi connectivity index (χ4n) is 1.40. The number of aliphatic hydroxyl groups excluding tert-OH is 1. The molecule has 0 radical (unpaired) electrons. The number of carbonyl (C=O) groups excluding carboxylic acids is 1. The number of benzene rings is 1. The summed E-state index contributed by atoms with van der Waals surface area (Å²) < 4.78 is 0. The van der Waals surface area contributed by atoms with Crippen LogP contribution in [0.5, 0.6) is 0 Å². The highest BCUT2D eigenvalue weighted by Crippen LogP contribution is 2.26. The molecule has 1 aromatic carbocycles. The first-order valence-electron chi connectivity index (χ1n) is 5.99. The van der Waals surface area contributed by atoms with E-state index in [1.807, 2.05) is 24.3 Å². The molecule has 0 aliphatic carbocycles. The lowest BCUT2D eigenvalue weighted by molar-refractivity contribution is -0.118. The van der Waals surface area contributed by atoms with E-state index in [0.29, 0.717) is 17.3 Å². The van der Waals surface area contributed by atoms with Crippen molar-refractivity contribution in [2.45, 2.75) is 24.2 Å². The number of carbonyl (C=O) groups is 1. The molecular formula is C13H18ClNO2S. The van der Waals surface area contributed by atoms with Crippen LogP contribution >= 0.6 is 23.4 Å². The van der Waals surface area contributed by atoms with Gasteiger partial charge in [0.1, 0.15) is 0 Å². The molecule has 0 unspecified atom stereocenters. The van der Waals surface area contributed by atoms with Crippen LogP contribution in [-0.4, -0.2) is 29.9 Å². The molecule has 2 N–H and O–H groups in total. The van der Waals surface area contributed by atoms with Crippen molar-refractivity contribution in [1.29, 1.82) is 0 Å². The maximum absolute atomic E-state index is 11.5. The number of nitrogens with one attached hydrogen (secondary N) is 1. The number of rotatable bonds is 8. The van der Waals surface area contributed by atoms with Gasteiger partial charge in [0.05, 0.1) is 10.8 Å². The van der Waals surface area contributed by atoms with Gasteiger partial charge < -0.3 is 10.4 Å². The molecule has 0 bridgehead atoms. The van der Waals surface area contributed by atoms with Gasteiger partial charge in [0.2, 0.25) is 5.91 Å². The van der Waals surface area contributed by atoms with E-state index in [0.717, 1.165) is 24.2 Å². The predicted octanol–water partition coefficient (Wildman–Crippen LogP) is 2.71. The van der Waals surface area contributed by atoms with Gasteiger partial charge in [-0.1, -0.05) is 23.7 Å². The first-order valence-corrected chi connectivity index (χ1v) is 7.35. The molecule has 0 aromatic heterocycles. The molecule has 0 spiro atoms. The largest absolute Gasteiger partial charge is 0.396 e. The zero-order chi connectivity index (χ0) is 13.2. The van der Waals surface area contributed by atoms with Gasteiger partial charge in [-0.15, -0.1) is 11.8 Å². The monoisotopic (exact) mass is 287 g/mol. The highest BCUT2D eigenvalue weighted by Gasteiger charge is 2.04. The van der Waals surface area contributed by atoms with Crippen molar-refractivity contribution >= 4 is 29.3 Å². The quantitative estimate of drug-likeness (QED) is 0.571. The molecule has 0 saturated carbocycles. The Morgan fingerprint density at radius 2 is 2.06 bits per heavy atom. The number of unbranched alkanes of at least 4 members (excludes halogenated alkanes) is 2. The molecule has 0 aliphatic rings. The molecule has 18 heavy (non-hydrogen) atoms. The normalized spacial score (nSPS) is 10.3. The Balaban J connectivity index is 2.15. The molecule has 1 rings (SSSR count). The highest BCUT2D eigenvalue weighted by molar-refractivity contribution is 8.00. The van der Waals surface area contributed by atoms with Crippen molar-refractivity contribution in [3.05, 3.63) is 29.3 Å². The summed E-state index contributed by atoms with van der Waals surface area (Å²) >= 11 is 7.43. The number of amides is 1. The van der Waals surface area contributed by atoms with E-state index in [9.17, 15) is 4.79 Å². The maximum Gasteiger partial charge on any atom is 0.230 e. The maximum atomic E-state index is 11.5. The van der Waals surface area contributed by atoms with Crippen LogP contribution in [0.15, 0.2) is 29.2 Å². The molecule has 100 valence electrons. The van der Waals surface area contributed by atoms with Crippen LogP contribution in [0.4, 0.5) is 0 Å². The van der Waals surface area contributed by atoms with Crippen LogP contribution in [0, 0.1) is 0 Å². The third kappa shape index (κ3) is 6.28. The van der Waals surface area contributed by atoms with Crippen molar-refractivity contribution in [1.82, 2.24) is 5.32 Å². The van der Waals surface area contributed by atoms with E-state index in [1.54, 1.807) is 0 Å².